The van der Waals surface area contributed by atoms with E-state index in [-0.39, 0.29) is 18.1 Å². The first-order chi connectivity index (χ1) is 12.9. The van der Waals surface area contributed by atoms with Crippen molar-refractivity contribution in [2.24, 2.45) is 0 Å². The quantitative estimate of drug-likeness (QED) is 0.326. The van der Waals surface area contributed by atoms with Crippen LogP contribution >= 0.6 is 11.3 Å². The zero-order valence-electron chi connectivity index (χ0n) is 15.4. The van der Waals surface area contributed by atoms with Crippen LogP contribution in [0, 0.1) is 25.2 Å². The molecule has 27 heavy (non-hydrogen) atoms. The van der Waals surface area contributed by atoms with E-state index in [0.29, 0.717) is 16.5 Å². The van der Waals surface area contributed by atoms with Crippen molar-refractivity contribution >= 4 is 40.1 Å². The predicted molar refractivity (Wildman–Crippen MR) is 106 cm³/mol. The van der Waals surface area contributed by atoms with Gasteiger partial charge in [0.05, 0.1) is 11.4 Å². The van der Waals surface area contributed by atoms with E-state index in [0.717, 1.165) is 11.1 Å². The van der Waals surface area contributed by atoms with Gasteiger partial charge in [-0.2, -0.15) is 5.26 Å². The Kier molecular flexibility index (Phi) is 6.63. The molecule has 0 bridgehead atoms. The van der Waals surface area contributed by atoms with Gasteiger partial charge in [-0.1, -0.05) is 18.7 Å². The first-order valence-electron chi connectivity index (χ1n) is 8.10. The van der Waals surface area contributed by atoms with Gasteiger partial charge in [-0.05, 0) is 43.2 Å². The minimum Gasteiger partial charge on any atom is -0.457 e. The van der Waals surface area contributed by atoms with E-state index in [4.69, 9.17) is 10.00 Å². The molecule has 2 aromatic rings. The maximum atomic E-state index is 12.2. The normalized spacial score (nSPS) is 10.8. The largest absolute Gasteiger partial charge is 0.457 e. The van der Waals surface area contributed by atoms with E-state index in [1.165, 1.54) is 35.3 Å². The van der Waals surface area contributed by atoms with Gasteiger partial charge in [-0.25, -0.2) is 9.78 Å². The van der Waals surface area contributed by atoms with Crippen molar-refractivity contribution < 1.29 is 14.3 Å². The van der Waals surface area contributed by atoms with E-state index in [1.54, 1.807) is 11.4 Å². The van der Waals surface area contributed by atoms with Crippen LogP contribution in [0.2, 0.25) is 0 Å². The van der Waals surface area contributed by atoms with Crippen LogP contribution in [0.4, 0.5) is 10.8 Å². The van der Waals surface area contributed by atoms with Crippen molar-refractivity contribution in [3.63, 3.8) is 0 Å². The molecule has 0 saturated carbocycles. The highest BCUT2D eigenvalue weighted by Gasteiger charge is 2.19. The fourth-order valence-electron chi connectivity index (χ4n) is 2.23. The summed E-state index contributed by atoms with van der Waals surface area (Å²) < 4.78 is 4.87. The van der Waals surface area contributed by atoms with Gasteiger partial charge < -0.3 is 4.74 Å². The number of benzene rings is 1. The maximum Gasteiger partial charge on any atom is 0.349 e. The fourth-order valence-corrected chi connectivity index (χ4v) is 3.08. The summed E-state index contributed by atoms with van der Waals surface area (Å²) in [5.41, 5.74) is 3.13. The molecule has 7 heteroatoms. The number of ether oxygens (including phenoxy) is 1. The number of carbonyl (C=O) groups is 2. The molecule has 1 aromatic heterocycles. The van der Waals surface area contributed by atoms with Crippen LogP contribution in [-0.4, -0.2) is 23.5 Å². The Hall–Kier alpha value is -3.24. The van der Waals surface area contributed by atoms with E-state index in [1.807, 2.05) is 32.0 Å². The van der Waals surface area contributed by atoms with E-state index < -0.39 is 5.97 Å². The summed E-state index contributed by atoms with van der Waals surface area (Å²) in [6, 6.07) is 7.52. The number of rotatable bonds is 6. The van der Waals surface area contributed by atoms with E-state index >= 15 is 0 Å². The summed E-state index contributed by atoms with van der Waals surface area (Å²) in [6.45, 7) is 8.90. The van der Waals surface area contributed by atoms with E-state index in [9.17, 15) is 9.59 Å². The topological polar surface area (TPSA) is 83.3 Å². The van der Waals surface area contributed by atoms with Crippen molar-refractivity contribution in [2.45, 2.75) is 20.8 Å². The zero-order valence-corrected chi connectivity index (χ0v) is 16.2. The molecular weight excluding hydrogens is 362 g/mol. The molecule has 0 N–H and O–H groups in total. The van der Waals surface area contributed by atoms with Gasteiger partial charge in [-0.15, -0.1) is 11.3 Å². The summed E-state index contributed by atoms with van der Waals surface area (Å²) in [5, 5.41) is 11.3. The van der Waals surface area contributed by atoms with Gasteiger partial charge in [-0.3, -0.25) is 9.69 Å². The lowest BCUT2D eigenvalue weighted by molar-refractivity contribution is -0.137. The highest BCUT2D eigenvalue weighted by molar-refractivity contribution is 7.14. The molecule has 0 aliphatic rings. The lowest BCUT2D eigenvalue weighted by atomic mass is 10.1. The lowest BCUT2D eigenvalue weighted by Gasteiger charge is -2.19. The average molecular weight is 381 g/mol. The lowest BCUT2D eigenvalue weighted by Crippen LogP contribution is -2.22. The van der Waals surface area contributed by atoms with Crippen molar-refractivity contribution in [1.82, 2.24) is 4.98 Å². The molecule has 1 amide bonds. The third kappa shape index (κ3) is 4.90. The molecule has 0 spiro atoms. The molecule has 0 aliphatic carbocycles. The minimum absolute atomic E-state index is 0.0189. The van der Waals surface area contributed by atoms with Crippen LogP contribution in [0.25, 0.3) is 6.08 Å². The van der Waals surface area contributed by atoms with Gasteiger partial charge in [0.25, 0.3) is 0 Å². The molecular formula is C20H19N3O3S. The molecule has 1 heterocycles. The maximum absolute atomic E-state index is 12.2. The Bertz CT molecular complexity index is 954. The number of thiazole rings is 1. The Morgan fingerprint density at radius 1 is 1.37 bits per heavy atom. The molecule has 0 radical (unpaired) electrons. The summed E-state index contributed by atoms with van der Waals surface area (Å²) in [4.78, 5) is 29.9. The van der Waals surface area contributed by atoms with Crippen molar-refractivity contribution in [3.8, 4) is 6.07 Å². The van der Waals surface area contributed by atoms with Gasteiger partial charge in [0.1, 0.15) is 18.2 Å². The molecule has 0 saturated heterocycles. The summed E-state index contributed by atoms with van der Waals surface area (Å²) in [6.07, 6.45) is 2.76. The van der Waals surface area contributed by atoms with Crippen LogP contribution < -0.4 is 4.90 Å². The summed E-state index contributed by atoms with van der Waals surface area (Å²) >= 11 is 1.24. The standard InChI is InChI=1S/C20H19N3O3S/c1-5-8-26-19(25)16(11-21)10-17-12-27-20(22-17)23(15(4)24)18-7-6-13(2)14(3)9-18/h5-7,9-10,12H,1,8H2,2-4H3/b16-10+. The summed E-state index contributed by atoms with van der Waals surface area (Å²) in [5.74, 6) is -0.932. The number of aryl methyl sites for hydroxylation is 2. The smallest absolute Gasteiger partial charge is 0.349 e. The number of nitrogens with zero attached hydrogens (tertiary/aromatic N) is 3. The van der Waals surface area contributed by atoms with Gasteiger partial charge >= 0.3 is 5.97 Å². The van der Waals surface area contributed by atoms with Crippen LogP contribution in [-0.2, 0) is 14.3 Å². The molecule has 138 valence electrons. The van der Waals surface area contributed by atoms with Gasteiger partial charge in [0.2, 0.25) is 5.91 Å². The Morgan fingerprint density at radius 2 is 2.11 bits per heavy atom. The molecule has 6 nitrogen and oxygen atoms in total. The number of carbonyl (C=O) groups excluding carboxylic acids is 2. The third-order valence-electron chi connectivity index (χ3n) is 3.73. The van der Waals surface area contributed by atoms with Gasteiger partial charge in [0.15, 0.2) is 5.13 Å². The first-order valence-corrected chi connectivity index (χ1v) is 8.98. The average Bonchev–Trinajstić information content (AvgIpc) is 3.08. The molecule has 0 fully saturated rings. The Morgan fingerprint density at radius 3 is 2.70 bits per heavy atom. The van der Waals surface area contributed by atoms with Crippen LogP contribution in [0.1, 0.15) is 23.7 Å². The Balaban J connectivity index is 2.35. The number of amides is 1. The monoisotopic (exact) mass is 381 g/mol. The number of aromatic nitrogens is 1. The fraction of sp³-hybridized carbons (Fsp3) is 0.200. The van der Waals surface area contributed by atoms with Crippen molar-refractivity contribution in [2.75, 3.05) is 11.5 Å². The Labute approximate surface area is 162 Å². The van der Waals surface area contributed by atoms with E-state index in [2.05, 4.69) is 11.6 Å². The highest BCUT2D eigenvalue weighted by atomic mass is 32.1. The molecule has 1 aromatic carbocycles. The highest BCUT2D eigenvalue weighted by Crippen LogP contribution is 2.30. The second kappa shape index (κ2) is 8.92. The predicted octanol–water partition coefficient (Wildman–Crippen LogP) is 4.08. The molecule has 0 atom stereocenters. The number of esters is 1. The van der Waals surface area contributed by atoms with Crippen LogP contribution in [0.3, 0.4) is 0 Å². The van der Waals surface area contributed by atoms with Crippen molar-refractivity contribution in [3.05, 3.63) is 58.6 Å². The second-order valence-corrected chi connectivity index (χ2v) is 6.57. The minimum atomic E-state index is -0.746. The van der Waals surface area contributed by atoms with Gasteiger partial charge in [0, 0.05) is 12.3 Å². The molecule has 2 rings (SSSR count). The summed E-state index contributed by atoms with van der Waals surface area (Å²) in [7, 11) is 0. The first kappa shape index (κ1) is 20.1. The van der Waals surface area contributed by atoms with Crippen LogP contribution in [0.15, 0.2) is 41.8 Å². The SMILES string of the molecule is C=CCOC(=O)/C(C#N)=C/c1csc(N(C(C)=O)c2ccc(C)c(C)c2)n1. The van der Waals surface area contributed by atoms with Crippen LogP contribution in [0.5, 0.6) is 0 Å². The number of nitriles is 1. The number of anilines is 2. The third-order valence-corrected chi connectivity index (χ3v) is 4.57. The number of hydrogen-bond acceptors (Lipinski definition) is 6. The second-order valence-electron chi connectivity index (χ2n) is 5.73. The molecule has 0 unspecified atom stereocenters. The zero-order chi connectivity index (χ0) is 20.0. The number of hydrogen-bond donors (Lipinski definition) is 0. The molecule has 0 aliphatic heterocycles. The van der Waals surface area contributed by atoms with Crippen molar-refractivity contribution in [1.29, 1.82) is 5.26 Å².